The zero-order valence-electron chi connectivity index (χ0n) is 19.9. The highest BCUT2D eigenvalue weighted by atomic mass is 32.1. The van der Waals surface area contributed by atoms with Crippen LogP contribution in [-0.4, -0.2) is 29.7 Å². The third-order valence-electron chi connectivity index (χ3n) is 7.06. The number of nitrogen functional groups attached to an aromatic ring is 1. The maximum Gasteiger partial charge on any atom is 0.225 e. The van der Waals surface area contributed by atoms with Crippen molar-refractivity contribution in [1.29, 1.82) is 5.26 Å². The second-order valence-electron chi connectivity index (χ2n) is 9.14. The van der Waals surface area contributed by atoms with Gasteiger partial charge < -0.3 is 15.4 Å². The average molecular weight is 512 g/mol. The SMILES string of the molecule is C=C(c1c(/C(F)=C\C)sc(N)c1C#N)c1c2c(c3cnc(N4CC(C)C(CF)C4)nc3c1F)COC2. The van der Waals surface area contributed by atoms with Crippen LogP contribution in [0.3, 0.4) is 0 Å². The Balaban J connectivity index is 1.71. The van der Waals surface area contributed by atoms with Crippen LogP contribution in [0.15, 0.2) is 18.9 Å². The third-order valence-corrected chi connectivity index (χ3v) is 8.08. The fraction of sp³-hybridized carbons (Fsp3) is 0.346. The van der Waals surface area contributed by atoms with Crippen LogP contribution in [-0.2, 0) is 18.0 Å². The highest BCUT2D eigenvalue weighted by molar-refractivity contribution is 7.17. The Morgan fingerprint density at radius 2 is 2.11 bits per heavy atom. The summed E-state index contributed by atoms with van der Waals surface area (Å²) >= 11 is 0.920. The van der Waals surface area contributed by atoms with Crippen LogP contribution in [0.4, 0.5) is 24.1 Å². The van der Waals surface area contributed by atoms with Gasteiger partial charge in [-0.25, -0.2) is 18.7 Å². The lowest BCUT2D eigenvalue weighted by molar-refractivity contribution is 0.134. The first-order chi connectivity index (χ1) is 17.3. The first-order valence-corrected chi connectivity index (χ1v) is 12.3. The van der Waals surface area contributed by atoms with Gasteiger partial charge in [-0.1, -0.05) is 19.6 Å². The number of allylic oxidation sites excluding steroid dienone is 1. The van der Waals surface area contributed by atoms with Gasteiger partial charge in [0.1, 0.15) is 22.4 Å². The Kier molecular flexibility index (Phi) is 6.22. The van der Waals surface area contributed by atoms with Crippen LogP contribution in [0, 0.1) is 29.0 Å². The van der Waals surface area contributed by atoms with Crippen molar-refractivity contribution < 1.29 is 17.9 Å². The molecule has 5 rings (SSSR count). The number of nitrogens with two attached hydrogens (primary N) is 1. The van der Waals surface area contributed by atoms with Crippen molar-refractivity contribution >= 4 is 44.6 Å². The molecule has 0 spiro atoms. The number of nitriles is 1. The fourth-order valence-corrected chi connectivity index (χ4v) is 6.05. The molecule has 2 aromatic heterocycles. The molecule has 2 aliphatic rings. The molecule has 2 unspecified atom stereocenters. The predicted molar refractivity (Wildman–Crippen MR) is 135 cm³/mol. The summed E-state index contributed by atoms with van der Waals surface area (Å²) in [6.45, 7) is 8.52. The molecule has 4 heterocycles. The van der Waals surface area contributed by atoms with Gasteiger partial charge in [-0.15, -0.1) is 11.3 Å². The lowest BCUT2D eigenvalue weighted by Crippen LogP contribution is -2.22. The summed E-state index contributed by atoms with van der Waals surface area (Å²) in [6.07, 6.45) is 2.83. The van der Waals surface area contributed by atoms with Gasteiger partial charge >= 0.3 is 0 Å². The molecule has 186 valence electrons. The smallest absolute Gasteiger partial charge is 0.225 e. The molecule has 1 saturated heterocycles. The summed E-state index contributed by atoms with van der Waals surface area (Å²) in [7, 11) is 0. The maximum atomic E-state index is 16.3. The second-order valence-corrected chi connectivity index (χ2v) is 10.2. The van der Waals surface area contributed by atoms with E-state index in [1.807, 2.05) is 17.9 Å². The molecule has 2 N–H and O–H groups in total. The minimum Gasteiger partial charge on any atom is -0.389 e. The number of rotatable bonds is 5. The summed E-state index contributed by atoms with van der Waals surface area (Å²) < 4.78 is 50.1. The van der Waals surface area contributed by atoms with E-state index in [1.54, 1.807) is 6.20 Å². The van der Waals surface area contributed by atoms with E-state index in [-0.39, 0.29) is 62.7 Å². The molecule has 0 aliphatic carbocycles. The standard InChI is InChI=1S/C26H24F3N5OS/c1-4-19(28)24-21(15(6-30)25(31)36-24)13(3)20-18-11-35-10-17(18)16-7-32-26(33-23(16)22(20)29)34-8-12(2)14(5-27)9-34/h4,7,12,14H,3,5,8-11,31H2,1-2H3/b19-4+. The number of aromatic nitrogens is 2. The molecular weight excluding hydrogens is 487 g/mol. The van der Waals surface area contributed by atoms with E-state index in [4.69, 9.17) is 10.5 Å². The number of ether oxygens (including phenoxy) is 1. The van der Waals surface area contributed by atoms with Crippen LogP contribution in [0.25, 0.3) is 22.3 Å². The van der Waals surface area contributed by atoms with Gasteiger partial charge in [0.05, 0.1) is 30.3 Å². The number of nitrogens with zero attached hydrogens (tertiary/aromatic N) is 4. The number of hydrogen-bond acceptors (Lipinski definition) is 7. The van der Waals surface area contributed by atoms with Crippen LogP contribution in [0.1, 0.15) is 46.5 Å². The van der Waals surface area contributed by atoms with Crippen LogP contribution >= 0.6 is 11.3 Å². The molecule has 2 aliphatic heterocycles. The lowest BCUT2D eigenvalue weighted by Gasteiger charge is -2.19. The monoisotopic (exact) mass is 511 g/mol. The van der Waals surface area contributed by atoms with E-state index < -0.39 is 18.3 Å². The quantitative estimate of drug-likeness (QED) is 0.469. The van der Waals surface area contributed by atoms with E-state index in [1.165, 1.54) is 13.0 Å². The Morgan fingerprint density at radius 1 is 1.36 bits per heavy atom. The number of benzene rings is 1. The molecule has 0 bridgehead atoms. The van der Waals surface area contributed by atoms with Crippen molar-refractivity contribution in [2.75, 3.05) is 30.4 Å². The normalized spacial score (nSPS) is 19.7. The Hall–Kier alpha value is -3.42. The minimum atomic E-state index is -0.655. The molecular formula is C26H24F3N5OS. The third kappa shape index (κ3) is 3.65. The zero-order valence-corrected chi connectivity index (χ0v) is 20.7. The average Bonchev–Trinajstić information content (AvgIpc) is 3.59. The van der Waals surface area contributed by atoms with E-state index in [9.17, 15) is 14.0 Å². The largest absolute Gasteiger partial charge is 0.389 e. The van der Waals surface area contributed by atoms with Gasteiger partial charge in [0, 0.05) is 41.7 Å². The van der Waals surface area contributed by atoms with Crippen molar-refractivity contribution in [3.05, 3.63) is 57.4 Å². The summed E-state index contributed by atoms with van der Waals surface area (Å²) in [5.74, 6) is -0.924. The highest BCUT2D eigenvalue weighted by Crippen LogP contribution is 2.45. The molecule has 6 nitrogen and oxygen atoms in total. The van der Waals surface area contributed by atoms with Crippen LogP contribution in [0.5, 0.6) is 0 Å². The van der Waals surface area contributed by atoms with E-state index in [0.29, 0.717) is 30.0 Å². The van der Waals surface area contributed by atoms with Crippen molar-refractivity contribution in [3.63, 3.8) is 0 Å². The second kappa shape index (κ2) is 9.22. The molecule has 3 aromatic rings. The predicted octanol–water partition coefficient (Wildman–Crippen LogP) is 5.75. The summed E-state index contributed by atoms with van der Waals surface area (Å²) in [5, 5.41) is 10.4. The topological polar surface area (TPSA) is 88.1 Å². The molecule has 0 amide bonds. The first kappa shape index (κ1) is 24.3. The molecule has 2 atom stereocenters. The number of anilines is 2. The number of alkyl halides is 1. The van der Waals surface area contributed by atoms with Crippen molar-refractivity contribution in [2.24, 2.45) is 11.8 Å². The molecule has 0 saturated carbocycles. The zero-order chi connectivity index (χ0) is 25.7. The fourth-order valence-electron chi connectivity index (χ4n) is 5.04. The van der Waals surface area contributed by atoms with Crippen LogP contribution < -0.4 is 10.6 Å². The molecule has 1 aromatic carbocycles. The van der Waals surface area contributed by atoms with E-state index in [2.05, 4.69) is 16.5 Å². The van der Waals surface area contributed by atoms with Gasteiger partial charge in [0.2, 0.25) is 5.95 Å². The van der Waals surface area contributed by atoms with E-state index >= 15 is 4.39 Å². The number of fused-ring (bicyclic) bond motifs is 3. The lowest BCUT2D eigenvalue weighted by atomic mass is 9.89. The van der Waals surface area contributed by atoms with Crippen molar-refractivity contribution in [3.8, 4) is 6.07 Å². The number of halogens is 3. The van der Waals surface area contributed by atoms with Crippen LogP contribution in [0.2, 0.25) is 0 Å². The van der Waals surface area contributed by atoms with Gasteiger partial charge in [0.25, 0.3) is 0 Å². The highest BCUT2D eigenvalue weighted by Gasteiger charge is 2.33. The molecule has 0 radical (unpaired) electrons. The van der Waals surface area contributed by atoms with Gasteiger partial charge in [-0.05, 0) is 29.5 Å². The first-order valence-electron chi connectivity index (χ1n) is 11.5. The van der Waals surface area contributed by atoms with Gasteiger partial charge in [-0.2, -0.15) is 5.26 Å². The van der Waals surface area contributed by atoms with Crippen molar-refractivity contribution in [2.45, 2.75) is 27.1 Å². The Bertz CT molecular complexity index is 1470. The molecule has 36 heavy (non-hydrogen) atoms. The van der Waals surface area contributed by atoms with E-state index in [0.717, 1.165) is 16.9 Å². The van der Waals surface area contributed by atoms with Gasteiger partial charge in [-0.3, -0.25) is 4.39 Å². The molecule has 10 heteroatoms. The maximum absolute atomic E-state index is 16.3. The Morgan fingerprint density at radius 3 is 2.78 bits per heavy atom. The van der Waals surface area contributed by atoms with Gasteiger partial charge in [0.15, 0.2) is 5.82 Å². The van der Waals surface area contributed by atoms with Crippen molar-refractivity contribution in [1.82, 2.24) is 9.97 Å². The Labute approximate surface area is 210 Å². The summed E-state index contributed by atoms with van der Waals surface area (Å²) in [6, 6.07) is 2.01. The summed E-state index contributed by atoms with van der Waals surface area (Å²) in [5.41, 5.74) is 7.85. The summed E-state index contributed by atoms with van der Waals surface area (Å²) in [4.78, 5) is 11.0. The number of hydrogen-bond donors (Lipinski definition) is 1. The minimum absolute atomic E-state index is 0.0517. The number of thiophene rings is 1. The molecule has 1 fully saturated rings.